The maximum atomic E-state index is 11.5. The Bertz CT molecular complexity index is 246. The minimum absolute atomic E-state index is 0.512. The van der Waals surface area contributed by atoms with E-state index in [2.05, 4.69) is 16.7 Å². The third kappa shape index (κ3) is 1.96. The fourth-order valence-electron chi connectivity index (χ4n) is 3.38. The van der Waals surface area contributed by atoms with Crippen LogP contribution in [0.25, 0.3) is 0 Å². The zero-order valence-electron chi connectivity index (χ0n) is 9.15. The molecule has 0 amide bonds. The lowest BCUT2D eigenvalue weighted by atomic mass is 10.0. The smallest absolute Gasteiger partial charge is 0.136 e. The topological polar surface area (TPSA) is 20.3 Å². The van der Waals surface area contributed by atoms with Crippen molar-refractivity contribution in [2.75, 3.05) is 12.3 Å². The average molecular weight is 225 g/mol. The third-order valence-electron chi connectivity index (χ3n) is 4.14. The number of carbonyl (C=O) groups excluding carboxylic acids is 1. The van der Waals surface area contributed by atoms with Gasteiger partial charge >= 0.3 is 0 Å². The number of carbonyl (C=O) groups is 1. The molecule has 3 atom stereocenters. The molecule has 0 N–H and O–H groups in total. The van der Waals surface area contributed by atoms with Gasteiger partial charge in [0.05, 0.1) is 0 Å². The molecule has 3 aliphatic rings. The van der Waals surface area contributed by atoms with E-state index in [1.165, 1.54) is 38.0 Å². The van der Waals surface area contributed by atoms with Crippen LogP contribution >= 0.6 is 11.8 Å². The zero-order chi connectivity index (χ0) is 10.3. The van der Waals surface area contributed by atoms with E-state index >= 15 is 0 Å². The van der Waals surface area contributed by atoms with E-state index in [9.17, 15) is 4.79 Å². The van der Waals surface area contributed by atoms with E-state index in [1.807, 2.05) is 0 Å². The van der Waals surface area contributed by atoms with Crippen LogP contribution in [0.5, 0.6) is 0 Å². The second-order valence-electron chi connectivity index (χ2n) is 5.16. The number of Topliss-reactive ketones (excluding diaryl/α,β-unsaturated/α-hetero) is 1. The van der Waals surface area contributed by atoms with Crippen LogP contribution in [0, 0.1) is 0 Å². The summed E-state index contributed by atoms with van der Waals surface area (Å²) in [6.07, 6.45) is 7.02. The summed E-state index contributed by atoms with van der Waals surface area (Å²) in [5.74, 6) is 1.87. The number of ketones is 1. The monoisotopic (exact) mass is 225 g/mol. The molecule has 3 heteroatoms. The standard InChI is InChI=1S/C12H19NOS/c14-11-6-9-3-4-10(7-11)13(9)8-12-2-1-5-15-12/h9-10,12H,1-8H2. The van der Waals surface area contributed by atoms with Crippen LogP contribution in [0.15, 0.2) is 0 Å². The van der Waals surface area contributed by atoms with Gasteiger partial charge in [0.15, 0.2) is 0 Å². The summed E-state index contributed by atoms with van der Waals surface area (Å²) in [4.78, 5) is 14.1. The Morgan fingerprint density at radius 1 is 1.20 bits per heavy atom. The second-order valence-corrected chi connectivity index (χ2v) is 6.57. The number of hydrogen-bond acceptors (Lipinski definition) is 3. The van der Waals surface area contributed by atoms with Gasteiger partial charge in [-0.05, 0) is 31.4 Å². The van der Waals surface area contributed by atoms with E-state index in [1.54, 1.807) is 0 Å². The molecule has 3 aliphatic heterocycles. The second kappa shape index (κ2) is 4.10. The number of piperidine rings is 1. The average Bonchev–Trinajstić information content (AvgIpc) is 2.77. The van der Waals surface area contributed by atoms with Crippen LogP contribution in [0.2, 0.25) is 0 Å². The normalized spacial score (nSPS) is 41.3. The number of nitrogens with zero attached hydrogens (tertiary/aromatic N) is 1. The van der Waals surface area contributed by atoms with E-state index in [0.29, 0.717) is 17.9 Å². The first-order valence-electron chi connectivity index (χ1n) is 6.22. The highest BCUT2D eigenvalue weighted by molar-refractivity contribution is 8.00. The number of hydrogen-bond donors (Lipinski definition) is 0. The molecule has 3 heterocycles. The predicted octanol–water partition coefficient (Wildman–Crippen LogP) is 2.08. The van der Waals surface area contributed by atoms with E-state index in [4.69, 9.17) is 0 Å². The van der Waals surface area contributed by atoms with Gasteiger partial charge in [-0.2, -0.15) is 11.8 Å². The molecule has 0 aromatic rings. The third-order valence-corrected chi connectivity index (χ3v) is 5.52. The maximum absolute atomic E-state index is 11.5. The largest absolute Gasteiger partial charge is 0.300 e. The van der Waals surface area contributed by atoms with Gasteiger partial charge in [0, 0.05) is 36.7 Å². The first-order valence-corrected chi connectivity index (χ1v) is 7.27. The van der Waals surface area contributed by atoms with Crippen molar-refractivity contribution >= 4 is 17.5 Å². The molecule has 15 heavy (non-hydrogen) atoms. The summed E-state index contributed by atoms with van der Waals surface area (Å²) in [6.45, 7) is 1.26. The molecule has 3 saturated heterocycles. The van der Waals surface area contributed by atoms with Crippen molar-refractivity contribution in [2.24, 2.45) is 0 Å². The highest BCUT2D eigenvalue weighted by atomic mass is 32.2. The Hall–Kier alpha value is -0.0200. The highest BCUT2D eigenvalue weighted by Crippen LogP contribution is 2.36. The number of rotatable bonds is 2. The molecule has 0 saturated carbocycles. The fourth-order valence-corrected chi connectivity index (χ4v) is 4.66. The minimum atomic E-state index is 0.512. The van der Waals surface area contributed by atoms with E-state index in [0.717, 1.165) is 18.1 Å². The van der Waals surface area contributed by atoms with Crippen molar-refractivity contribution in [1.29, 1.82) is 0 Å². The summed E-state index contributed by atoms with van der Waals surface area (Å²) in [7, 11) is 0. The first-order chi connectivity index (χ1) is 7.33. The number of fused-ring (bicyclic) bond motifs is 2. The summed E-state index contributed by atoms with van der Waals surface area (Å²) >= 11 is 2.14. The predicted molar refractivity (Wildman–Crippen MR) is 63.2 cm³/mol. The van der Waals surface area contributed by atoms with E-state index < -0.39 is 0 Å². The quantitative estimate of drug-likeness (QED) is 0.717. The Morgan fingerprint density at radius 3 is 2.53 bits per heavy atom. The molecule has 2 nitrogen and oxygen atoms in total. The SMILES string of the molecule is O=C1CC2CCC(C1)N2CC1CCCS1. The molecule has 84 valence electrons. The molecule has 0 spiro atoms. The van der Waals surface area contributed by atoms with Crippen LogP contribution in [0.4, 0.5) is 0 Å². The van der Waals surface area contributed by atoms with Crippen LogP contribution in [0.3, 0.4) is 0 Å². The summed E-state index contributed by atoms with van der Waals surface area (Å²) < 4.78 is 0. The molecule has 2 bridgehead atoms. The molecule has 0 aliphatic carbocycles. The zero-order valence-corrected chi connectivity index (χ0v) is 9.97. The van der Waals surface area contributed by atoms with Crippen molar-refractivity contribution in [3.63, 3.8) is 0 Å². The molecule has 0 aromatic carbocycles. The Labute approximate surface area is 95.8 Å². The van der Waals surface area contributed by atoms with Gasteiger partial charge in [-0.3, -0.25) is 9.69 Å². The van der Waals surface area contributed by atoms with Crippen molar-refractivity contribution in [1.82, 2.24) is 4.90 Å². The lowest BCUT2D eigenvalue weighted by Gasteiger charge is -2.35. The lowest BCUT2D eigenvalue weighted by molar-refractivity contribution is -0.123. The van der Waals surface area contributed by atoms with Crippen molar-refractivity contribution in [2.45, 2.75) is 55.9 Å². The van der Waals surface area contributed by atoms with E-state index in [-0.39, 0.29) is 0 Å². The van der Waals surface area contributed by atoms with Gasteiger partial charge in [-0.25, -0.2) is 0 Å². The minimum Gasteiger partial charge on any atom is -0.300 e. The summed E-state index contributed by atoms with van der Waals surface area (Å²) in [6, 6.07) is 1.22. The van der Waals surface area contributed by atoms with Gasteiger partial charge in [0.2, 0.25) is 0 Å². The number of thioether (sulfide) groups is 1. The summed E-state index contributed by atoms with van der Waals surface area (Å²) in [5.41, 5.74) is 0. The van der Waals surface area contributed by atoms with Crippen LogP contribution in [-0.4, -0.2) is 40.3 Å². The fraction of sp³-hybridized carbons (Fsp3) is 0.917. The first kappa shape index (κ1) is 10.2. The lowest BCUT2D eigenvalue weighted by Crippen LogP contribution is -2.45. The molecular formula is C12H19NOS. The Kier molecular flexibility index (Phi) is 2.77. The molecular weight excluding hydrogens is 206 g/mol. The Morgan fingerprint density at radius 2 is 1.93 bits per heavy atom. The maximum Gasteiger partial charge on any atom is 0.136 e. The molecule has 3 unspecified atom stereocenters. The molecule has 3 rings (SSSR count). The van der Waals surface area contributed by atoms with Gasteiger partial charge < -0.3 is 0 Å². The van der Waals surface area contributed by atoms with Crippen LogP contribution in [0.1, 0.15) is 38.5 Å². The van der Waals surface area contributed by atoms with Crippen LogP contribution in [-0.2, 0) is 4.79 Å². The van der Waals surface area contributed by atoms with Gasteiger partial charge in [-0.1, -0.05) is 0 Å². The molecule has 0 radical (unpaired) electrons. The van der Waals surface area contributed by atoms with Crippen molar-refractivity contribution in [3.8, 4) is 0 Å². The molecule has 3 fully saturated rings. The summed E-state index contributed by atoms with van der Waals surface area (Å²) in [5, 5.41) is 0.862. The molecule has 0 aromatic heterocycles. The highest BCUT2D eigenvalue weighted by Gasteiger charge is 2.40. The van der Waals surface area contributed by atoms with Crippen LogP contribution < -0.4 is 0 Å². The van der Waals surface area contributed by atoms with Crippen molar-refractivity contribution in [3.05, 3.63) is 0 Å². The Balaban J connectivity index is 1.64. The van der Waals surface area contributed by atoms with Crippen molar-refractivity contribution < 1.29 is 4.79 Å². The van der Waals surface area contributed by atoms with Gasteiger partial charge in [-0.15, -0.1) is 0 Å². The van der Waals surface area contributed by atoms with Gasteiger partial charge in [0.25, 0.3) is 0 Å². The van der Waals surface area contributed by atoms with Gasteiger partial charge in [0.1, 0.15) is 5.78 Å².